The fourth-order valence-electron chi connectivity index (χ4n) is 2.62. The number of hydrogen-bond donors (Lipinski definition) is 0. The minimum atomic E-state index is 0. The van der Waals surface area contributed by atoms with Gasteiger partial charge < -0.3 is 0 Å². The van der Waals surface area contributed by atoms with E-state index in [2.05, 4.69) is 58.0 Å². The van der Waals surface area contributed by atoms with Gasteiger partial charge in [-0.3, -0.25) is 4.68 Å². The molecule has 1 heterocycles. The van der Waals surface area contributed by atoms with Crippen LogP contribution in [0.3, 0.4) is 0 Å². The third-order valence-electron chi connectivity index (χ3n) is 3.63. The quantitative estimate of drug-likeness (QED) is 0.667. The van der Waals surface area contributed by atoms with Gasteiger partial charge in [0.05, 0.1) is 6.20 Å². The molecule has 0 unspecified atom stereocenters. The second-order valence-electron chi connectivity index (χ2n) is 5.47. The van der Waals surface area contributed by atoms with Crippen LogP contribution in [-0.4, -0.2) is 9.78 Å². The van der Waals surface area contributed by atoms with Gasteiger partial charge in [-0.1, -0.05) is 31.5 Å². The SMILES string of the molecule is CCc1cc(C)cc(CC)c1-c1cnn(C(C)C)c1.[Pt]. The standard InChI is InChI=1S/C17H24N2.Pt/c1-6-14-8-13(5)9-15(7-2)17(14)16-10-18-19(11-16)12(3)4;/h8-12H,6-7H2,1-5H3;. The molecule has 0 radical (unpaired) electrons. The van der Waals surface area contributed by atoms with E-state index in [1.165, 1.54) is 27.8 Å². The Morgan fingerprint density at radius 1 is 1.10 bits per heavy atom. The molecule has 1 aromatic heterocycles. The first kappa shape index (κ1) is 17.2. The topological polar surface area (TPSA) is 17.8 Å². The van der Waals surface area contributed by atoms with Crippen LogP contribution < -0.4 is 0 Å². The largest absolute Gasteiger partial charge is 0.270 e. The van der Waals surface area contributed by atoms with Gasteiger partial charge in [0.2, 0.25) is 0 Å². The predicted octanol–water partition coefficient (Wildman–Crippen LogP) is 4.56. The fraction of sp³-hybridized carbons (Fsp3) is 0.471. The van der Waals surface area contributed by atoms with Crippen molar-refractivity contribution in [3.05, 3.63) is 41.2 Å². The first-order valence-electron chi connectivity index (χ1n) is 7.23. The Morgan fingerprint density at radius 2 is 1.65 bits per heavy atom. The van der Waals surface area contributed by atoms with Crippen LogP contribution in [0.15, 0.2) is 24.5 Å². The van der Waals surface area contributed by atoms with Crippen LogP contribution in [0.1, 0.15) is 50.4 Å². The molecule has 20 heavy (non-hydrogen) atoms. The third-order valence-corrected chi connectivity index (χ3v) is 3.63. The minimum Gasteiger partial charge on any atom is -0.270 e. The molecular formula is C17H24N2Pt. The van der Waals surface area contributed by atoms with Gasteiger partial charge in [-0.2, -0.15) is 5.10 Å². The second-order valence-corrected chi connectivity index (χ2v) is 5.47. The molecule has 0 bridgehead atoms. The van der Waals surface area contributed by atoms with E-state index < -0.39 is 0 Å². The van der Waals surface area contributed by atoms with E-state index in [0.29, 0.717) is 6.04 Å². The molecule has 0 atom stereocenters. The number of benzene rings is 1. The van der Waals surface area contributed by atoms with Gasteiger partial charge in [0.25, 0.3) is 0 Å². The van der Waals surface area contributed by atoms with Gasteiger partial charge in [0, 0.05) is 38.9 Å². The van der Waals surface area contributed by atoms with Crippen LogP contribution in [0.5, 0.6) is 0 Å². The smallest absolute Gasteiger partial charge is 0.0568 e. The van der Waals surface area contributed by atoms with Crippen LogP contribution in [-0.2, 0) is 33.9 Å². The molecule has 1 aromatic carbocycles. The molecule has 0 N–H and O–H groups in total. The maximum atomic E-state index is 4.48. The zero-order chi connectivity index (χ0) is 14.0. The van der Waals surface area contributed by atoms with Crippen molar-refractivity contribution in [1.82, 2.24) is 9.78 Å². The summed E-state index contributed by atoms with van der Waals surface area (Å²) < 4.78 is 2.04. The summed E-state index contributed by atoms with van der Waals surface area (Å²) in [6.45, 7) is 11.0. The summed E-state index contributed by atoms with van der Waals surface area (Å²) in [5.41, 5.74) is 6.86. The number of rotatable bonds is 4. The molecule has 2 aromatic rings. The van der Waals surface area contributed by atoms with Gasteiger partial charge in [-0.05, 0) is 50.3 Å². The van der Waals surface area contributed by atoms with Crippen LogP contribution in [0, 0.1) is 6.92 Å². The van der Waals surface area contributed by atoms with Crippen LogP contribution in [0.25, 0.3) is 11.1 Å². The average molecular weight is 451 g/mol. The summed E-state index contributed by atoms with van der Waals surface area (Å²) >= 11 is 0. The molecule has 0 aliphatic carbocycles. The van der Waals surface area contributed by atoms with Gasteiger partial charge in [-0.25, -0.2) is 0 Å². The van der Waals surface area contributed by atoms with Crippen molar-refractivity contribution < 1.29 is 21.1 Å². The average Bonchev–Trinajstić information content (AvgIpc) is 2.86. The summed E-state index contributed by atoms with van der Waals surface area (Å²) in [6, 6.07) is 5.02. The van der Waals surface area contributed by atoms with Crippen molar-refractivity contribution in [3.63, 3.8) is 0 Å². The molecule has 3 heteroatoms. The molecule has 0 saturated carbocycles. The summed E-state index contributed by atoms with van der Waals surface area (Å²) in [5.74, 6) is 0. The van der Waals surface area contributed by atoms with Crippen molar-refractivity contribution in [2.24, 2.45) is 0 Å². The number of hydrogen-bond acceptors (Lipinski definition) is 1. The second kappa shape index (κ2) is 7.22. The fourth-order valence-corrected chi connectivity index (χ4v) is 2.62. The number of aromatic nitrogens is 2. The normalized spacial score (nSPS) is 10.7. The van der Waals surface area contributed by atoms with Gasteiger partial charge in [0.15, 0.2) is 0 Å². The molecule has 0 aliphatic rings. The van der Waals surface area contributed by atoms with Crippen molar-refractivity contribution in [2.45, 2.75) is 53.5 Å². The van der Waals surface area contributed by atoms with E-state index in [1.54, 1.807) is 0 Å². The van der Waals surface area contributed by atoms with Crippen molar-refractivity contribution in [1.29, 1.82) is 0 Å². The van der Waals surface area contributed by atoms with Gasteiger partial charge >= 0.3 is 0 Å². The van der Waals surface area contributed by atoms with E-state index in [-0.39, 0.29) is 21.1 Å². The van der Waals surface area contributed by atoms with E-state index in [1.807, 2.05) is 10.9 Å². The monoisotopic (exact) mass is 451 g/mol. The van der Waals surface area contributed by atoms with Crippen LogP contribution in [0.2, 0.25) is 0 Å². The zero-order valence-electron chi connectivity index (χ0n) is 13.0. The Hall–Kier alpha value is -0.882. The Balaban J connectivity index is 0.00000200. The number of nitrogens with zero attached hydrogens (tertiary/aromatic N) is 2. The summed E-state index contributed by atoms with van der Waals surface area (Å²) in [7, 11) is 0. The molecule has 2 nitrogen and oxygen atoms in total. The predicted molar refractivity (Wildman–Crippen MR) is 81.5 cm³/mol. The van der Waals surface area contributed by atoms with Crippen LogP contribution >= 0.6 is 0 Å². The Kier molecular flexibility index (Phi) is 6.20. The molecule has 0 amide bonds. The molecule has 0 aliphatic heterocycles. The van der Waals surface area contributed by atoms with Gasteiger partial charge in [-0.15, -0.1) is 0 Å². The van der Waals surface area contributed by atoms with Crippen molar-refractivity contribution in [2.75, 3.05) is 0 Å². The van der Waals surface area contributed by atoms with Gasteiger partial charge in [0.1, 0.15) is 0 Å². The van der Waals surface area contributed by atoms with Crippen molar-refractivity contribution in [3.8, 4) is 11.1 Å². The minimum absolute atomic E-state index is 0. The Bertz CT molecular complexity index is 545. The summed E-state index contributed by atoms with van der Waals surface area (Å²) in [6.07, 6.45) is 6.31. The zero-order valence-corrected chi connectivity index (χ0v) is 15.3. The molecule has 2 rings (SSSR count). The molecular weight excluding hydrogens is 427 g/mol. The Labute approximate surface area is 136 Å². The van der Waals surface area contributed by atoms with E-state index in [0.717, 1.165) is 12.8 Å². The maximum Gasteiger partial charge on any atom is 0.0568 e. The van der Waals surface area contributed by atoms with Crippen molar-refractivity contribution >= 4 is 0 Å². The summed E-state index contributed by atoms with van der Waals surface area (Å²) in [4.78, 5) is 0. The number of aryl methyl sites for hydroxylation is 3. The third kappa shape index (κ3) is 3.41. The molecule has 0 saturated heterocycles. The molecule has 0 fully saturated rings. The Morgan fingerprint density at radius 3 is 2.05 bits per heavy atom. The first-order chi connectivity index (χ1) is 9.06. The first-order valence-corrected chi connectivity index (χ1v) is 7.23. The molecule has 112 valence electrons. The van der Waals surface area contributed by atoms with E-state index in [9.17, 15) is 0 Å². The van der Waals surface area contributed by atoms with E-state index >= 15 is 0 Å². The van der Waals surface area contributed by atoms with E-state index in [4.69, 9.17) is 0 Å². The summed E-state index contributed by atoms with van der Waals surface area (Å²) in [5, 5.41) is 4.48. The maximum absolute atomic E-state index is 4.48. The molecule has 0 spiro atoms. The van der Waals surface area contributed by atoms with Crippen LogP contribution in [0.4, 0.5) is 0 Å².